The van der Waals surface area contributed by atoms with E-state index >= 15 is 0 Å². The second kappa shape index (κ2) is 27.9. The van der Waals surface area contributed by atoms with Crippen LogP contribution in [0.2, 0.25) is 0 Å². The quantitative estimate of drug-likeness (QED) is 0.248. The average molecular weight is 703 g/mol. The van der Waals surface area contributed by atoms with E-state index in [0.717, 1.165) is 22.8 Å². The molecule has 40 heavy (non-hydrogen) atoms. The second-order valence-corrected chi connectivity index (χ2v) is 9.13. The van der Waals surface area contributed by atoms with Crippen molar-refractivity contribution in [1.82, 2.24) is 19.9 Å². The molecule has 0 amide bonds. The van der Waals surface area contributed by atoms with Crippen LogP contribution in [0.15, 0.2) is 73.3 Å². The Morgan fingerprint density at radius 1 is 0.400 bits per heavy atom. The summed E-state index contributed by atoms with van der Waals surface area (Å²) in [7, 11) is 14.0. The van der Waals surface area contributed by atoms with Gasteiger partial charge in [-0.05, 0) is 10.8 Å². The van der Waals surface area contributed by atoms with Gasteiger partial charge < -0.3 is 41.2 Å². The summed E-state index contributed by atoms with van der Waals surface area (Å²) >= 11 is 0. The first-order valence-corrected chi connectivity index (χ1v) is 12.3. The van der Waals surface area contributed by atoms with Crippen LogP contribution in [0.5, 0.6) is 0 Å². The molecule has 0 saturated heterocycles. The van der Waals surface area contributed by atoms with Crippen LogP contribution in [-0.4, -0.2) is 56.4 Å². The summed E-state index contributed by atoms with van der Waals surface area (Å²) in [5.74, 6) is 0. The summed E-state index contributed by atoms with van der Waals surface area (Å²) < 4.78 is 0. The van der Waals surface area contributed by atoms with Crippen LogP contribution in [0, 0.1) is 0 Å². The van der Waals surface area contributed by atoms with Gasteiger partial charge in [-0.15, -0.1) is 0 Å². The Balaban J connectivity index is -0.000000226. The van der Waals surface area contributed by atoms with Crippen molar-refractivity contribution in [3.05, 3.63) is 117 Å². The van der Waals surface area contributed by atoms with Gasteiger partial charge in [-0.2, -0.15) is 104 Å². The maximum atomic E-state index is 4.30. The molecule has 0 saturated carbocycles. The molecule has 10 heteroatoms. The SMILES string of the molecule is CC(C)(c1ccc[n-]1)c1ccc[n-]1.CC(C)(c1ccc[n-]1)c1ccc[n-]1.C[N-]C.C[N-]C.C[N-]C.C[N-]C.[Zr+4].[Zr+4]. The van der Waals surface area contributed by atoms with E-state index in [2.05, 4.69) is 68.9 Å². The molecule has 0 aliphatic carbocycles. The summed E-state index contributed by atoms with van der Waals surface area (Å²) in [4.78, 5) is 17.2. The van der Waals surface area contributed by atoms with E-state index in [9.17, 15) is 0 Å². The van der Waals surface area contributed by atoms with Crippen molar-refractivity contribution < 1.29 is 52.4 Å². The van der Waals surface area contributed by atoms with Gasteiger partial charge in [-0.3, -0.25) is 0 Å². The fraction of sp³-hybridized carbons (Fsp3) is 0.467. The normalized spacial score (nSPS) is 9.50. The van der Waals surface area contributed by atoms with Crippen molar-refractivity contribution >= 4 is 0 Å². The van der Waals surface area contributed by atoms with Gasteiger partial charge in [-0.1, -0.05) is 76.2 Å². The number of hydrogen-bond acceptors (Lipinski definition) is 0. The molecule has 0 atom stereocenters. The molecule has 0 N–H and O–H groups in total. The summed E-state index contributed by atoms with van der Waals surface area (Å²) in [6.07, 6.45) is 7.28. The van der Waals surface area contributed by atoms with Crippen molar-refractivity contribution in [2.75, 3.05) is 56.4 Å². The van der Waals surface area contributed by atoms with Gasteiger partial charge in [0.25, 0.3) is 0 Å². The molecule has 0 fully saturated rings. The Morgan fingerprint density at radius 2 is 0.550 bits per heavy atom. The van der Waals surface area contributed by atoms with Crippen molar-refractivity contribution in [2.24, 2.45) is 0 Å². The maximum absolute atomic E-state index is 4.30. The number of aromatic nitrogens is 4. The van der Waals surface area contributed by atoms with E-state index in [4.69, 9.17) is 0 Å². The molecule has 4 aromatic heterocycles. The molecule has 0 spiro atoms. The molecule has 0 aliphatic heterocycles. The Hall–Kier alpha value is -1.27. The van der Waals surface area contributed by atoms with Crippen molar-refractivity contribution in [2.45, 2.75) is 38.5 Å². The Bertz CT molecular complexity index is 791. The van der Waals surface area contributed by atoms with E-state index in [1.54, 1.807) is 56.4 Å². The molecule has 0 unspecified atom stereocenters. The van der Waals surface area contributed by atoms with E-state index in [1.165, 1.54) is 0 Å². The third kappa shape index (κ3) is 18.2. The van der Waals surface area contributed by atoms with E-state index in [0.29, 0.717) is 0 Å². The van der Waals surface area contributed by atoms with Crippen molar-refractivity contribution in [1.29, 1.82) is 0 Å². The fourth-order valence-electron chi connectivity index (χ4n) is 2.94. The van der Waals surface area contributed by atoms with Crippen LogP contribution in [0.25, 0.3) is 21.3 Å². The van der Waals surface area contributed by atoms with E-state index in [1.807, 2.05) is 73.3 Å². The van der Waals surface area contributed by atoms with Crippen LogP contribution in [-0.2, 0) is 63.2 Å². The van der Waals surface area contributed by atoms with Gasteiger partial charge in [0.1, 0.15) is 0 Å². The predicted octanol–water partition coefficient (Wildman–Crippen LogP) is 6.33. The van der Waals surface area contributed by atoms with E-state index < -0.39 is 0 Å². The molecule has 0 aliphatic rings. The summed E-state index contributed by atoms with van der Waals surface area (Å²) in [6, 6.07) is 16.0. The van der Waals surface area contributed by atoms with E-state index in [-0.39, 0.29) is 63.2 Å². The predicted molar refractivity (Wildman–Crippen MR) is 164 cm³/mol. The van der Waals surface area contributed by atoms with Gasteiger partial charge >= 0.3 is 52.4 Å². The molecule has 0 bridgehead atoms. The third-order valence-electron chi connectivity index (χ3n) is 4.78. The zero-order chi connectivity index (χ0) is 29.5. The van der Waals surface area contributed by atoms with Crippen molar-refractivity contribution in [3.63, 3.8) is 0 Å². The van der Waals surface area contributed by atoms with Gasteiger partial charge in [-0.25, -0.2) is 0 Å². The van der Waals surface area contributed by atoms with Crippen LogP contribution in [0.3, 0.4) is 0 Å². The number of rotatable bonds is 4. The van der Waals surface area contributed by atoms with Crippen LogP contribution >= 0.6 is 0 Å². The summed E-state index contributed by atoms with van der Waals surface area (Å²) in [6.45, 7) is 8.55. The number of nitrogens with zero attached hydrogens (tertiary/aromatic N) is 8. The molecule has 4 rings (SSSR count). The monoisotopic (exact) mass is 700 g/mol. The minimum atomic E-state index is -0.0764. The topological polar surface area (TPSA) is 113 Å². The van der Waals surface area contributed by atoms with Gasteiger partial charge in [0.15, 0.2) is 0 Å². The first kappa shape index (κ1) is 45.7. The minimum absolute atomic E-state index is 0. The molecule has 4 heterocycles. The van der Waals surface area contributed by atoms with Gasteiger partial charge in [0.05, 0.1) is 0 Å². The first-order chi connectivity index (χ1) is 18.1. The maximum Gasteiger partial charge on any atom is 4.00 e. The van der Waals surface area contributed by atoms with Crippen LogP contribution in [0.4, 0.5) is 0 Å². The zero-order valence-electron chi connectivity index (χ0n) is 26.5. The van der Waals surface area contributed by atoms with Crippen molar-refractivity contribution in [3.8, 4) is 0 Å². The summed E-state index contributed by atoms with van der Waals surface area (Å²) in [5, 5.41) is 14.0. The third-order valence-corrected chi connectivity index (χ3v) is 4.78. The first-order valence-electron chi connectivity index (χ1n) is 12.3. The van der Waals surface area contributed by atoms with Crippen LogP contribution in [0.1, 0.15) is 50.5 Å². The smallest absolute Gasteiger partial charge is 0.668 e. The fourth-order valence-corrected chi connectivity index (χ4v) is 2.94. The summed E-state index contributed by atoms with van der Waals surface area (Å²) in [5.41, 5.74) is 4.15. The Kier molecular flexibility index (Phi) is 31.9. The number of hydrogen-bond donors (Lipinski definition) is 0. The molecule has 8 nitrogen and oxygen atoms in total. The standard InChI is InChI=1S/2C11H12N2.4C2H6N.2Zr/c2*1-11(2,9-5-3-7-12-9)10-6-4-8-13-10;4*1-3-2;;/h2*3-8H,1-2H3;4*1-2H3;;/q2*-2;4*-1;2*+4. The van der Waals surface area contributed by atoms with Crippen LogP contribution < -0.4 is 19.9 Å². The molecule has 0 radical (unpaired) electrons. The Labute approximate surface area is 282 Å². The molecular formula is C30H48N8Zr2. The molecule has 216 valence electrons. The van der Waals surface area contributed by atoms with Gasteiger partial charge in [0, 0.05) is 0 Å². The minimum Gasteiger partial charge on any atom is -0.668 e. The van der Waals surface area contributed by atoms with Gasteiger partial charge in [0.2, 0.25) is 0 Å². The molecule has 0 aromatic carbocycles. The Morgan fingerprint density at radius 3 is 0.650 bits per heavy atom. The largest absolute Gasteiger partial charge is 4.00 e. The average Bonchev–Trinajstić information content (AvgIpc) is 3.71. The zero-order valence-corrected chi connectivity index (χ0v) is 31.4. The molecular weight excluding hydrogens is 655 g/mol. The second-order valence-electron chi connectivity index (χ2n) is 9.13. The molecule has 4 aromatic rings.